The van der Waals surface area contributed by atoms with E-state index < -0.39 is 10.0 Å². The summed E-state index contributed by atoms with van der Waals surface area (Å²) in [6.45, 7) is 7.61. The molecule has 0 radical (unpaired) electrons. The van der Waals surface area contributed by atoms with Crippen LogP contribution in [0.1, 0.15) is 25.8 Å². The highest BCUT2D eigenvalue weighted by atomic mass is 32.2. The Hall–Kier alpha value is -2.29. The molecule has 2 aromatic carbocycles. The van der Waals surface area contributed by atoms with Crippen LogP contribution in [0.25, 0.3) is 0 Å². The number of likely N-dealkylation sites (tertiary alicyclic amines) is 1. The third-order valence-corrected chi connectivity index (χ3v) is 7.20. The molecule has 2 N–H and O–H groups in total. The quantitative estimate of drug-likeness (QED) is 0.648. The standard InChI is InChI=1S/C23H30N2O5S/c1-23(2)14-18-5-3-8-21(22(18)30-23)29-12-11-25-10-9-17(16-25)15-24-31(27,28)20-7-4-6-19(26)13-20/h3-8,13,17,24,26H,9-12,14-16H2,1-2H3. The summed E-state index contributed by atoms with van der Waals surface area (Å²) >= 11 is 0. The van der Waals surface area contributed by atoms with Crippen LogP contribution in [0.2, 0.25) is 0 Å². The molecule has 0 bridgehead atoms. The number of phenols is 1. The molecule has 31 heavy (non-hydrogen) atoms. The molecule has 2 aromatic rings. The molecule has 1 fully saturated rings. The Bertz CT molecular complexity index is 1040. The first-order chi connectivity index (χ1) is 14.7. The van der Waals surface area contributed by atoms with Crippen molar-refractivity contribution in [2.24, 2.45) is 5.92 Å². The lowest BCUT2D eigenvalue weighted by Crippen LogP contribution is -2.32. The highest BCUT2D eigenvalue weighted by molar-refractivity contribution is 7.89. The smallest absolute Gasteiger partial charge is 0.240 e. The van der Waals surface area contributed by atoms with Crippen molar-refractivity contribution in [1.82, 2.24) is 9.62 Å². The predicted molar refractivity (Wildman–Crippen MR) is 118 cm³/mol. The number of phenolic OH excluding ortho intramolecular Hbond substituents is 1. The topological polar surface area (TPSA) is 88.1 Å². The molecule has 2 aliphatic rings. The molecule has 168 valence electrons. The van der Waals surface area contributed by atoms with E-state index in [1.165, 1.54) is 29.8 Å². The molecule has 0 saturated carbocycles. The highest BCUT2D eigenvalue weighted by Crippen LogP contribution is 2.41. The Morgan fingerprint density at radius 1 is 1.26 bits per heavy atom. The van der Waals surface area contributed by atoms with Gasteiger partial charge in [0.05, 0.1) is 4.90 Å². The second kappa shape index (κ2) is 8.68. The second-order valence-electron chi connectivity index (χ2n) is 8.94. The van der Waals surface area contributed by atoms with Crippen molar-refractivity contribution < 1.29 is 23.0 Å². The van der Waals surface area contributed by atoms with Gasteiger partial charge in [0.2, 0.25) is 10.0 Å². The number of para-hydroxylation sites is 1. The van der Waals surface area contributed by atoms with E-state index in [0.717, 1.165) is 44.0 Å². The molecule has 0 amide bonds. The van der Waals surface area contributed by atoms with E-state index in [9.17, 15) is 13.5 Å². The van der Waals surface area contributed by atoms with Crippen LogP contribution in [0.15, 0.2) is 47.4 Å². The molecule has 0 aromatic heterocycles. The number of benzene rings is 2. The van der Waals surface area contributed by atoms with Gasteiger partial charge in [-0.3, -0.25) is 4.90 Å². The summed E-state index contributed by atoms with van der Waals surface area (Å²) in [6, 6.07) is 11.7. The molecular weight excluding hydrogens is 416 g/mol. The molecule has 1 unspecified atom stereocenters. The van der Waals surface area contributed by atoms with Crippen LogP contribution >= 0.6 is 0 Å². The lowest BCUT2D eigenvalue weighted by molar-refractivity contribution is 0.130. The summed E-state index contributed by atoms with van der Waals surface area (Å²) in [5.41, 5.74) is 0.984. The molecule has 1 atom stereocenters. The Labute approximate surface area is 184 Å². The highest BCUT2D eigenvalue weighted by Gasteiger charge is 2.32. The summed E-state index contributed by atoms with van der Waals surface area (Å²) in [7, 11) is -3.62. The number of aromatic hydroxyl groups is 1. The number of ether oxygens (including phenoxy) is 2. The predicted octanol–water partition coefficient (Wildman–Crippen LogP) is 2.78. The normalized spacial score (nSPS) is 20.4. The van der Waals surface area contributed by atoms with Gasteiger partial charge in [-0.1, -0.05) is 18.2 Å². The maximum atomic E-state index is 12.4. The van der Waals surface area contributed by atoms with Crippen molar-refractivity contribution in [3.63, 3.8) is 0 Å². The molecule has 8 heteroatoms. The van der Waals surface area contributed by atoms with Crippen molar-refractivity contribution in [1.29, 1.82) is 0 Å². The molecule has 2 heterocycles. The third kappa shape index (κ3) is 5.31. The molecular formula is C23H30N2O5S. The minimum atomic E-state index is -3.62. The fraction of sp³-hybridized carbons (Fsp3) is 0.478. The minimum Gasteiger partial charge on any atom is -0.508 e. The lowest BCUT2D eigenvalue weighted by Gasteiger charge is -2.19. The van der Waals surface area contributed by atoms with Gasteiger partial charge in [-0.25, -0.2) is 13.1 Å². The number of rotatable bonds is 8. The maximum Gasteiger partial charge on any atom is 0.240 e. The average Bonchev–Trinajstić information content (AvgIpc) is 3.29. The zero-order valence-electron chi connectivity index (χ0n) is 18.0. The van der Waals surface area contributed by atoms with Gasteiger partial charge >= 0.3 is 0 Å². The van der Waals surface area contributed by atoms with Crippen molar-refractivity contribution in [2.45, 2.75) is 37.2 Å². The van der Waals surface area contributed by atoms with Crippen LogP contribution in [0, 0.1) is 5.92 Å². The molecule has 0 spiro atoms. The largest absolute Gasteiger partial charge is 0.508 e. The lowest BCUT2D eigenvalue weighted by atomic mass is 10.0. The zero-order valence-corrected chi connectivity index (χ0v) is 18.8. The van der Waals surface area contributed by atoms with E-state index in [4.69, 9.17) is 9.47 Å². The third-order valence-electron chi connectivity index (χ3n) is 5.78. The van der Waals surface area contributed by atoms with Gasteiger partial charge in [0.15, 0.2) is 11.5 Å². The van der Waals surface area contributed by atoms with E-state index in [2.05, 4.69) is 29.5 Å². The monoisotopic (exact) mass is 446 g/mol. The van der Waals surface area contributed by atoms with Gasteiger partial charge in [-0.15, -0.1) is 0 Å². The number of hydrogen-bond donors (Lipinski definition) is 2. The van der Waals surface area contributed by atoms with Crippen LogP contribution in [0.3, 0.4) is 0 Å². The summed E-state index contributed by atoms with van der Waals surface area (Å²) in [6.07, 6.45) is 1.81. The Balaban J connectivity index is 1.23. The molecule has 4 rings (SSSR count). The summed E-state index contributed by atoms with van der Waals surface area (Å²) in [5, 5.41) is 9.51. The van der Waals surface area contributed by atoms with Gasteiger partial charge in [-0.2, -0.15) is 0 Å². The number of sulfonamides is 1. The van der Waals surface area contributed by atoms with Crippen molar-refractivity contribution in [3.8, 4) is 17.2 Å². The fourth-order valence-corrected chi connectivity index (χ4v) is 5.39. The first kappa shape index (κ1) is 21.9. The van der Waals surface area contributed by atoms with Crippen LogP contribution in [0.5, 0.6) is 17.2 Å². The Morgan fingerprint density at radius 3 is 2.87 bits per heavy atom. The first-order valence-electron chi connectivity index (χ1n) is 10.7. The van der Waals surface area contributed by atoms with Crippen molar-refractivity contribution >= 4 is 10.0 Å². The van der Waals surface area contributed by atoms with Crippen molar-refractivity contribution in [3.05, 3.63) is 48.0 Å². The molecule has 1 saturated heterocycles. The number of hydrogen-bond acceptors (Lipinski definition) is 6. The Morgan fingerprint density at radius 2 is 2.06 bits per heavy atom. The van der Waals surface area contributed by atoms with Gasteiger partial charge in [-0.05, 0) is 57.0 Å². The average molecular weight is 447 g/mol. The van der Waals surface area contributed by atoms with Gasteiger partial charge in [0.1, 0.15) is 18.0 Å². The van der Waals surface area contributed by atoms with Gasteiger partial charge in [0.25, 0.3) is 0 Å². The van der Waals surface area contributed by atoms with E-state index in [-0.39, 0.29) is 22.2 Å². The van der Waals surface area contributed by atoms with E-state index in [0.29, 0.717) is 13.2 Å². The minimum absolute atomic E-state index is 0.0621. The van der Waals surface area contributed by atoms with Crippen LogP contribution in [0.4, 0.5) is 0 Å². The van der Waals surface area contributed by atoms with Crippen LogP contribution in [-0.2, 0) is 16.4 Å². The van der Waals surface area contributed by atoms with Crippen LogP contribution in [-0.4, -0.2) is 56.8 Å². The number of nitrogens with one attached hydrogen (secondary N) is 1. The summed E-state index contributed by atoms with van der Waals surface area (Å²) < 4.78 is 39.6. The van der Waals surface area contributed by atoms with E-state index in [1.54, 1.807) is 0 Å². The maximum absolute atomic E-state index is 12.4. The zero-order chi connectivity index (χ0) is 22.1. The van der Waals surface area contributed by atoms with E-state index >= 15 is 0 Å². The van der Waals surface area contributed by atoms with E-state index in [1.807, 2.05) is 12.1 Å². The van der Waals surface area contributed by atoms with Crippen molar-refractivity contribution in [2.75, 3.05) is 32.8 Å². The fourth-order valence-electron chi connectivity index (χ4n) is 4.23. The summed E-state index contributed by atoms with van der Waals surface area (Å²) in [4.78, 5) is 2.37. The SMILES string of the molecule is CC1(C)Cc2cccc(OCCN3CCC(CNS(=O)(=O)c4cccc(O)c4)C3)c2O1. The van der Waals surface area contributed by atoms with Gasteiger partial charge < -0.3 is 14.6 Å². The Kier molecular flexibility index (Phi) is 6.14. The molecule has 0 aliphatic carbocycles. The molecule has 2 aliphatic heterocycles. The molecule has 7 nitrogen and oxygen atoms in total. The second-order valence-corrected chi connectivity index (χ2v) is 10.7. The number of fused-ring (bicyclic) bond motifs is 1. The van der Waals surface area contributed by atoms with Gasteiger partial charge in [0, 0.05) is 31.6 Å². The van der Waals surface area contributed by atoms with Crippen LogP contribution < -0.4 is 14.2 Å². The first-order valence-corrected chi connectivity index (χ1v) is 12.1. The summed E-state index contributed by atoms with van der Waals surface area (Å²) in [5.74, 6) is 1.83. The number of nitrogens with zero attached hydrogens (tertiary/aromatic N) is 1.